The monoisotopic (exact) mass is 302 g/mol. The third kappa shape index (κ3) is 2.41. The summed E-state index contributed by atoms with van der Waals surface area (Å²) in [6.45, 7) is 8.59. The molecule has 0 radical (unpaired) electrons. The van der Waals surface area contributed by atoms with Crippen molar-refractivity contribution in [1.82, 2.24) is 0 Å². The zero-order valence-electron chi connectivity index (χ0n) is 14.0. The standard InChI is InChI=1S/C19H26O3/c1-5-6-18(20)22-16-8-7-14-9-17-15(12(2)11-21-17)10-19(14,4)13(16)3/h5-6,11,13-14,16H,7-10H2,1-4H3/t13-,14-,16+,19+/m0/s1. The van der Waals surface area contributed by atoms with E-state index in [2.05, 4.69) is 20.8 Å². The minimum Gasteiger partial charge on any atom is -0.469 e. The zero-order chi connectivity index (χ0) is 15.9. The molecule has 2 aliphatic rings. The third-order valence-corrected chi connectivity index (χ3v) is 6.08. The molecule has 1 aromatic rings. The van der Waals surface area contributed by atoms with Crippen molar-refractivity contribution < 1.29 is 13.9 Å². The van der Waals surface area contributed by atoms with Crippen LogP contribution in [0.2, 0.25) is 0 Å². The molecule has 1 saturated carbocycles. The first-order valence-corrected chi connectivity index (χ1v) is 8.35. The molecule has 0 aliphatic heterocycles. The highest BCUT2D eigenvalue weighted by Crippen LogP contribution is 2.53. The largest absolute Gasteiger partial charge is 0.469 e. The highest BCUT2D eigenvalue weighted by molar-refractivity contribution is 5.81. The average molecular weight is 302 g/mol. The Hall–Kier alpha value is -1.51. The maximum atomic E-state index is 11.8. The molecule has 22 heavy (non-hydrogen) atoms. The predicted molar refractivity (Wildman–Crippen MR) is 85.5 cm³/mol. The first kappa shape index (κ1) is 15.4. The van der Waals surface area contributed by atoms with Crippen LogP contribution >= 0.6 is 0 Å². The quantitative estimate of drug-likeness (QED) is 0.606. The second kappa shape index (κ2) is 5.60. The Labute approximate surface area is 132 Å². The Bertz CT molecular complexity index is 598. The van der Waals surface area contributed by atoms with Crippen molar-refractivity contribution >= 4 is 5.97 Å². The third-order valence-electron chi connectivity index (χ3n) is 6.08. The minimum atomic E-state index is -0.211. The van der Waals surface area contributed by atoms with E-state index in [1.54, 1.807) is 6.08 Å². The van der Waals surface area contributed by atoms with Gasteiger partial charge in [0.05, 0.1) is 6.26 Å². The second-order valence-corrected chi connectivity index (χ2v) is 7.25. The van der Waals surface area contributed by atoms with Crippen LogP contribution < -0.4 is 0 Å². The molecule has 4 atom stereocenters. The summed E-state index contributed by atoms with van der Waals surface area (Å²) in [5, 5.41) is 0. The predicted octanol–water partition coefficient (Wildman–Crippen LogP) is 4.23. The maximum Gasteiger partial charge on any atom is 0.330 e. The van der Waals surface area contributed by atoms with Gasteiger partial charge in [0.1, 0.15) is 11.9 Å². The molecular weight excluding hydrogens is 276 g/mol. The second-order valence-electron chi connectivity index (χ2n) is 7.25. The van der Waals surface area contributed by atoms with E-state index in [0.717, 1.165) is 25.7 Å². The van der Waals surface area contributed by atoms with Gasteiger partial charge in [0.15, 0.2) is 0 Å². The summed E-state index contributed by atoms with van der Waals surface area (Å²) in [7, 11) is 0. The van der Waals surface area contributed by atoms with Gasteiger partial charge < -0.3 is 9.15 Å². The molecule has 0 saturated heterocycles. The molecule has 120 valence electrons. The van der Waals surface area contributed by atoms with Crippen LogP contribution in [0.4, 0.5) is 0 Å². The van der Waals surface area contributed by atoms with Crippen molar-refractivity contribution in [1.29, 1.82) is 0 Å². The average Bonchev–Trinajstić information content (AvgIpc) is 2.82. The van der Waals surface area contributed by atoms with Crippen LogP contribution in [-0.4, -0.2) is 12.1 Å². The molecule has 1 aromatic heterocycles. The number of fused-ring (bicyclic) bond motifs is 2. The summed E-state index contributed by atoms with van der Waals surface area (Å²) >= 11 is 0. The fourth-order valence-electron chi connectivity index (χ4n) is 4.40. The lowest BCUT2D eigenvalue weighted by Gasteiger charge is -2.51. The highest BCUT2D eigenvalue weighted by Gasteiger charge is 2.50. The van der Waals surface area contributed by atoms with Crippen LogP contribution in [0.1, 0.15) is 50.5 Å². The molecule has 3 nitrogen and oxygen atoms in total. The summed E-state index contributed by atoms with van der Waals surface area (Å²) in [5.74, 6) is 1.95. The van der Waals surface area contributed by atoms with Gasteiger partial charge in [-0.25, -0.2) is 4.79 Å². The molecule has 3 heteroatoms. The van der Waals surface area contributed by atoms with Crippen molar-refractivity contribution in [2.75, 3.05) is 0 Å². The van der Waals surface area contributed by atoms with Crippen LogP contribution in [0.3, 0.4) is 0 Å². The SMILES string of the molecule is CC=CC(=O)O[C@@H]1CC[C@H]2Cc3occ(C)c3C[C@]2(C)[C@H]1C. The molecule has 0 aromatic carbocycles. The fraction of sp³-hybridized carbons (Fsp3) is 0.632. The molecular formula is C19H26O3. The lowest BCUT2D eigenvalue weighted by atomic mass is 9.55. The summed E-state index contributed by atoms with van der Waals surface area (Å²) in [5.41, 5.74) is 2.82. The van der Waals surface area contributed by atoms with Crippen molar-refractivity contribution in [2.24, 2.45) is 17.3 Å². The number of aryl methyl sites for hydroxylation is 1. The number of carbonyl (C=O) groups excluding carboxylic acids is 1. The van der Waals surface area contributed by atoms with E-state index < -0.39 is 0 Å². The molecule has 0 N–H and O–H groups in total. The molecule has 0 unspecified atom stereocenters. The van der Waals surface area contributed by atoms with Crippen LogP contribution in [0.25, 0.3) is 0 Å². The van der Waals surface area contributed by atoms with Gasteiger partial charge in [0, 0.05) is 12.5 Å². The zero-order valence-corrected chi connectivity index (χ0v) is 14.0. The molecule has 3 rings (SSSR count). The van der Waals surface area contributed by atoms with Gasteiger partial charge in [0.2, 0.25) is 0 Å². The smallest absolute Gasteiger partial charge is 0.330 e. The maximum absolute atomic E-state index is 11.8. The number of allylic oxidation sites excluding steroid dienone is 1. The van der Waals surface area contributed by atoms with Crippen LogP contribution in [0, 0.1) is 24.2 Å². The van der Waals surface area contributed by atoms with Crippen molar-refractivity contribution in [2.45, 2.75) is 59.5 Å². The summed E-state index contributed by atoms with van der Waals surface area (Å²) in [6, 6.07) is 0. The van der Waals surface area contributed by atoms with Crippen LogP contribution in [0.5, 0.6) is 0 Å². The Morgan fingerprint density at radius 2 is 2.23 bits per heavy atom. The first-order valence-electron chi connectivity index (χ1n) is 8.35. The van der Waals surface area contributed by atoms with Gasteiger partial charge in [-0.1, -0.05) is 19.9 Å². The molecule has 1 heterocycles. The fourth-order valence-corrected chi connectivity index (χ4v) is 4.40. The summed E-state index contributed by atoms with van der Waals surface area (Å²) in [4.78, 5) is 11.8. The first-order chi connectivity index (χ1) is 10.5. The number of carbonyl (C=O) groups is 1. The molecule has 1 fully saturated rings. The molecule has 0 amide bonds. The van der Waals surface area contributed by atoms with Gasteiger partial charge in [-0.2, -0.15) is 0 Å². The van der Waals surface area contributed by atoms with Gasteiger partial charge in [0.25, 0.3) is 0 Å². The van der Waals surface area contributed by atoms with Crippen LogP contribution in [-0.2, 0) is 22.4 Å². The minimum absolute atomic E-state index is 0.0266. The Morgan fingerprint density at radius 3 is 2.95 bits per heavy atom. The van der Waals surface area contributed by atoms with E-state index in [0.29, 0.717) is 11.8 Å². The molecule has 0 spiro atoms. The molecule has 2 aliphatic carbocycles. The van der Waals surface area contributed by atoms with Gasteiger partial charge >= 0.3 is 5.97 Å². The van der Waals surface area contributed by atoms with E-state index in [1.165, 1.54) is 23.0 Å². The number of hydrogen-bond donors (Lipinski definition) is 0. The number of furan rings is 1. The number of hydrogen-bond acceptors (Lipinski definition) is 3. The lowest BCUT2D eigenvalue weighted by molar-refractivity contribution is -0.155. The molecule has 0 bridgehead atoms. The van der Waals surface area contributed by atoms with Crippen molar-refractivity contribution in [3.63, 3.8) is 0 Å². The topological polar surface area (TPSA) is 39.4 Å². The van der Waals surface area contributed by atoms with E-state index in [9.17, 15) is 4.79 Å². The van der Waals surface area contributed by atoms with E-state index >= 15 is 0 Å². The normalized spacial score (nSPS) is 34.3. The lowest BCUT2D eigenvalue weighted by Crippen LogP contribution is -2.50. The van der Waals surface area contributed by atoms with Crippen molar-refractivity contribution in [3.05, 3.63) is 35.3 Å². The van der Waals surface area contributed by atoms with E-state index in [-0.39, 0.29) is 17.5 Å². The Morgan fingerprint density at radius 1 is 1.45 bits per heavy atom. The van der Waals surface area contributed by atoms with E-state index in [4.69, 9.17) is 9.15 Å². The summed E-state index contributed by atoms with van der Waals surface area (Å²) < 4.78 is 11.5. The van der Waals surface area contributed by atoms with Gasteiger partial charge in [-0.15, -0.1) is 0 Å². The van der Waals surface area contributed by atoms with Crippen molar-refractivity contribution in [3.8, 4) is 0 Å². The Kier molecular flexibility index (Phi) is 3.92. The number of rotatable bonds is 2. The Balaban J connectivity index is 1.83. The van der Waals surface area contributed by atoms with Crippen LogP contribution in [0.15, 0.2) is 22.8 Å². The summed E-state index contributed by atoms with van der Waals surface area (Å²) in [6.07, 6.45) is 9.29. The van der Waals surface area contributed by atoms with Gasteiger partial charge in [-0.05, 0) is 61.5 Å². The number of esters is 1. The number of ether oxygens (including phenoxy) is 1. The highest BCUT2D eigenvalue weighted by atomic mass is 16.5. The van der Waals surface area contributed by atoms with E-state index in [1.807, 2.05) is 13.2 Å². The van der Waals surface area contributed by atoms with Gasteiger partial charge in [-0.3, -0.25) is 0 Å².